The molecule has 0 bridgehead atoms. The number of nitrogens with zero attached hydrogens (tertiary/aromatic N) is 1. The van der Waals surface area contributed by atoms with Crippen LogP contribution in [0.15, 0.2) is 59.3 Å². The van der Waals surface area contributed by atoms with Crippen LogP contribution in [0, 0.1) is 35.0 Å². The predicted molar refractivity (Wildman–Crippen MR) is 320 cm³/mol. The largest absolute Gasteiger partial charge is 0.320 e. The Morgan fingerprint density at radius 1 is 0.563 bits per heavy atom. The molecule has 3 N–H and O–H groups in total. The summed E-state index contributed by atoms with van der Waals surface area (Å²) in [5.74, 6) is 6.48. The topological polar surface area (TPSA) is 87.1 Å². The first kappa shape index (κ1) is 62.8. The van der Waals surface area contributed by atoms with Crippen molar-refractivity contribution in [1.82, 2.24) is 0 Å². The third-order valence-corrected chi connectivity index (χ3v) is 20.7. The van der Waals surface area contributed by atoms with E-state index in [0.29, 0.717) is 11.8 Å². The van der Waals surface area contributed by atoms with Crippen molar-refractivity contribution in [2.24, 2.45) is 29.6 Å². The fraction of sp³-hybridized carbons (Fsp3) is 0.559. The average Bonchev–Trinajstić information content (AvgIpc) is 4.27. The Hall–Kier alpha value is -2.50. The van der Waals surface area contributed by atoms with Gasteiger partial charge in [0.25, 0.3) is 0 Å². The maximum absolute atomic E-state index is 11.6. The molecule has 0 saturated heterocycles. The van der Waals surface area contributed by atoms with Crippen molar-refractivity contribution in [3.8, 4) is 45.1 Å². The molecule has 4 unspecified atom stereocenters. The Morgan fingerprint density at radius 2 is 0.901 bits per heavy atom. The van der Waals surface area contributed by atoms with E-state index < -0.39 is 7.15 Å². The third-order valence-electron chi connectivity index (χ3n) is 13.7. The molecule has 6 aromatic rings. The number of alkyl halides is 1. The van der Waals surface area contributed by atoms with Crippen molar-refractivity contribution in [3.05, 3.63) is 91.3 Å². The molecule has 71 heavy (non-hydrogen) atoms. The summed E-state index contributed by atoms with van der Waals surface area (Å²) >= 11 is 10.9. The second kappa shape index (κ2) is 37.3. The number of hydrogen-bond acceptors (Lipinski definition) is 10. The summed E-state index contributed by atoms with van der Waals surface area (Å²) in [4.78, 5) is 24.2. The zero-order chi connectivity index (χ0) is 52.0. The lowest BCUT2D eigenvalue weighted by Crippen LogP contribution is -2.03. The highest BCUT2D eigenvalue weighted by atomic mass is 35.5. The summed E-state index contributed by atoms with van der Waals surface area (Å²) in [6, 6.07) is 20.6. The Kier molecular flexibility index (Phi) is 33.0. The first-order valence-corrected chi connectivity index (χ1v) is 31.3. The summed E-state index contributed by atoms with van der Waals surface area (Å²) in [6.45, 7) is 18.4. The molecule has 4 nitrogen and oxygen atoms in total. The lowest BCUT2D eigenvalue weighted by molar-refractivity contribution is 0.112. The molecule has 6 heterocycles. The number of unbranched alkanes of at least 4 members (excludes halogenated alkanes) is 4. The Bertz CT molecular complexity index is 2370. The Labute approximate surface area is 461 Å². The Morgan fingerprint density at radius 3 is 1.24 bits per heavy atom. The van der Waals surface area contributed by atoms with Gasteiger partial charge in [0.1, 0.15) is 10.9 Å². The monoisotopic (exact) mass is 1100 g/mol. The minimum Gasteiger partial charge on any atom is -0.320 e. The molecule has 0 spiro atoms. The zero-order valence-corrected chi connectivity index (χ0v) is 49.8. The molecule has 0 radical (unpaired) electrons. The first-order valence-electron chi connectivity index (χ1n) is 26.9. The normalized spacial score (nSPS) is 12.7. The van der Waals surface area contributed by atoms with Crippen LogP contribution in [0.5, 0.6) is 0 Å². The number of carbonyl (C=O) groups is 1. The molecule has 12 heteroatoms. The highest BCUT2D eigenvalue weighted by Gasteiger charge is 2.21. The quantitative estimate of drug-likeness (QED) is 0.0362. The molecule has 0 aliphatic carbocycles. The number of nitrogens with two attached hydrogens (primary N) is 1. The minimum atomic E-state index is -1.00. The van der Waals surface area contributed by atoms with E-state index in [0.717, 1.165) is 40.7 Å². The van der Waals surface area contributed by atoms with Crippen molar-refractivity contribution in [2.45, 2.75) is 184 Å². The maximum Gasteiger partial charge on any atom is 0.160 e. The highest BCUT2D eigenvalue weighted by Crippen LogP contribution is 2.46. The van der Waals surface area contributed by atoms with Gasteiger partial charge in [-0.1, -0.05) is 158 Å². The molecule has 0 saturated carbocycles. The van der Waals surface area contributed by atoms with Crippen molar-refractivity contribution >= 4 is 86.7 Å². The molecule has 394 valence electrons. The van der Waals surface area contributed by atoms with Gasteiger partial charge in [0.2, 0.25) is 0 Å². The number of nitriles is 1. The van der Waals surface area contributed by atoms with E-state index in [1.165, 1.54) is 177 Å². The summed E-state index contributed by atoms with van der Waals surface area (Å²) in [5.41, 5.74) is 5.79. The third kappa shape index (κ3) is 20.3. The first-order chi connectivity index (χ1) is 34.7. The van der Waals surface area contributed by atoms with Gasteiger partial charge >= 0.3 is 0 Å². The van der Waals surface area contributed by atoms with Gasteiger partial charge < -0.3 is 5.21 Å². The van der Waals surface area contributed by atoms with Crippen LogP contribution in [-0.4, -0.2) is 18.6 Å². The zero-order valence-electron chi connectivity index (χ0n) is 45.1. The lowest BCUT2D eigenvalue weighted by Gasteiger charge is -2.14. The number of thiophene rings is 6. The van der Waals surface area contributed by atoms with Gasteiger partial charge in [-0.2, -0.15) is 5.26 Å². The highest BCUT2D eigenvalue weighted by molar-refractivity contribution is 7.27. The van der Waals surface area contributed by atoms with E-state index in [2.05, 4.69) is 127 Å². The van der Waals surface area contributed by atoms with E-state index >= 15 is 0 Å². The van der Waals surface area contributed by atoms with Crippen LogP contribution >= 0.6 is 80.4 Å². The van der Waals surface area contributed by atoms with Gasteiger partial charge in [0.05, 0.1) is 13.4 Å². The van der Waals surface area contributed by atoms with E-state index in [4.69, 9.17) is 6.58 Å². The molecule has 4 atom stereocenters. The van der Waals surface area contributed by atoms with Crippen LogP contribution in [0.4, 0.5) is 4.39 Å². The summed E-state index contributed by atoms with van der Waals surface area (Å²) in [7, 11) is -1.00. The molecule has 0 aromatic carbocycles. The van der Waals surface area contributed by atoms with E-state index in [-0.39, 0.29) is 12.4 Å². The predicted octanol–water partition coefficient (Wildman–Crippen LogP) is 21.5. The summed E-state index contributed by atoms with van der Waals surface area (Å²) < 4.78 is 15.5. The van der Waals surface area contributed by atoms with Crippen molar-refractivity contribution in [2.75, 3.05) is 7.15 Å². The van der Waals surface area contributed by atoms with Gasteiger partial charge in [-0.3, -0.25) is 9.18 Å². The maximum atomic E-state index is 11.6. The number of aldehydes is 1. The second-order valence-corrected chi connectivity index (χ2v) is 24.7. The molecular formula is C59H86ClFN2O2S6. The molecule has 6 rings (SSSR count). The van der Waals surface area contributed by atoms with Crippen molar-refractivity contribution < 1.29 is 15.8 Å². The molecule has 6 aromatic heterocycles. The number of carbonyl (C=O) groups excluding carboxylic acids is 1. The van der Waals surface area contributed by atoms with Crippen LogP contribution in [0.25, 0.3) is 39.0 Å². The van der Waals surface area contributed by atoms with Gasteiger partial charge in [0, 0.05) is 39.0 Å². The molecular weight excluding hydrogens is 1020 g/mol. The summed E-state index contributed by atoms with van der Waals surface area (Å²) in [6.07, 6.45) is 26.1. The fourth-order valence-corrected chi connectivity index (χ4v) is 15.8. The van der Waals surface area contributed by atoms with E-state index in [9.17, 15) is 14.4 Å². The van der Waals surface area contributed by atoms with Crippen LogP contribution < -0.4 is 5.90 Å². The number of halogens is 2. The van der Waals surface area contributed by atoms with Crippen molar-refractivity contribution in [1.29, 1.82) is 5.26 Å². The average molecular weight is 1100 g/mol. The molecule has 0 aliphatic rings. The molecule has 0 amide bonds. The van der Waals surface area contributed by atoms with Crippen LogP contribution in [0.2, 0.25) is 0 Å². The van der Waals surface area contributed by atoms with Crippen molar-refractivity contribution in [3.63, 3.8) is 0 Å². The molecule has 0 aliphatic heterocycles. The number of hydrogen-bond donors (Lipinski definition) is 2. The van der Waals surface area contributed by atoms with Gasteiger partial charge in [-0.05, 0) is 131 Å². The van der Waals surface area contributed by atoms with Gasteiger partial charge in [0.15, 0.2) is 6.29 Å². The smallest absolute Gasteiger partial charge is 0.160 e. The second-order valence-electron chi connectivity index (χ2n) is 18.6. The minimum absolute atomic E-state index is 0. The lowest BCUT2D eigenvalue weighted by atomic mass is 9.92. The standard InChI is InChI=1S/C29H39NS3.C29H40OS3.CH3F.ClH.H3NO/c2*1-5-9-11-21(7-3)17-23-15-16-31-28(23)26-13-14-27(33-26)29-24(19-25(20-30)32-29)18-22(8-4)12-10-6-2;1-2;;1-2/h13-16,19,21-22H,5-12,17-18H2,1-4H3;13-16,19-22H,5-12,17-18H2,1-4H3;1H3;1H;2H,1H2/i;;1D;;. The van der Waals surface area contributed by atoms with E-state index in [1.54, 1.807) is 22.7 Å². The van der Waals surface area contributed by atoms with Crippen LogP contribution in [0.3, 0.4) is 0 Å². The Balaban J connectivity index is 0.000000447. The number of rotatable bonds is 29. The van der Waals surface area contributed by atoms with Crippen LogP contribution in [0.1, 0.15) is 196 Å². The molecule has 0 fully saturated rings. The van der Waals surface area contributed by atoms with Crippen LogP contribution in [-0.2, 0) is 25.7 Å². The summed E-state index contributed by atoms with van der Waals surface area (Å²) in [5, 5.41) is 20.6. The van der Waals surface area contributed by atoms with E-state index in [1.807, 2.05) is 45.3 Å². The van der Waals surface area contributed by atoms with Gasteiger partial charge in [-0.25, -0.2) is 5.90 Å². The fourth-order valence-electron chi connectivity index (χ4n) is 9.32. The van der Waals surface area contributed by atoms with Gasteiger partial charge in [-0.15, -0.1) is 80.4 Å². The SMILES string of the molecule is CCCCC(CC)Cc1ccsc1-c1ccc(-c2sc(C#N)cc2CC(CC)CCCC)s1.CCCCC(CC)Cc1ccsc1-c1ccc(-c2sc(C=O)cc2CC(CC)CCCC)s1.Cl.NO.[2H]CF.